The van der Waals surface area contributed by atoms with Crippen molar-refractivity contribution in [3.05, 3.63) is 52.0 Å². The summed E-state index contributed by atoms with van der Waals surface area (Å²) in [5, 5.41) is 3.33. The lowest BCUT2D eigenvalue weighted by Crippen LogP contribution is -2.20. The second kappa shape index (κ2) is 6.63. The van der Waals surface area contributed by atoms with Crippen molar-refractivity contribution in [2.24, 2.45) is 0 Å². The number of rotatable bonds is 4. The number of amides is 1. The molecule has 0 bridgehead atoms. The molecule has 1 amide bonds. The average Bonchev–Trinajstić information content (AvgIpc) is 2.42. The number of benzene rings is 2. The third kappa shape index (κ3) is 4.15. The zero-order valence-electron chi connectivity index (χ0n) is 10.4. The van der Waals surface area contributed by atoms with Crippen LogP contribution < -0.4 is 15.8 Å². The molecule has 4 nitrogen and oxygen atoms in total. The second-order valence-electron chi connectivity index (χ2n) is 4.03. The molecule has 0 heterocycles. The summed E-state index contributed by atoms with van der Waals surface area (Å²) in [5.41, 5.74) is 6.84. The third-order valence-corrected chi connectivity index (χ3v) is 3.39. The van der Waals surface area contributed by atoms with E-state index in [2.05, 4.69) is 21.2 Å². The SMILES string of the molecule is Nc1ccc(Br)c(NC(=O)COc2ccc(Cl)cc2)c1. The van der Waals surface area contributed by atoms with Crippen molar-refractivity contribution in [2.45, 2.75) is 0 Å². The second-order valence-corrected chi connectivity index (χ2v) is 5.32. The number of nitrogens with two attached hydrogens (primary N) is 1. The molecule has 0 unspecified atom stereocenters. The van der Waals surface area contributed by atoms with Gasteiger partial charge in [-0.2, -0.15) is 0 Å². The standard InChI is InChI=1S/C14H12BrClN2O2/c15-12-6-3-10(17)7-13(12)18-14(19)8-20-11-4-1-9(16)2-5-11/h1-7H,8,17H2,(H,18,19). The van der Waals surface area contributed by atoms with Gasteiger partial charge in [-0.05, 0) is 58.4 Å². The van der Waals surface area contributed by atoms with E-state index in [0.717, 1.165) is 4.47 Å². The summed E-state index contributed by atoms with van der Waals surface area (Å²) >= 11 is 9.10. The zero-order chi connectivity index (χ0) is 14.5. The highest BCUT2D eigenvalue weighted by molar-refractivity contribution is 9.10. The molecule has 0 aliphatic rings. The first-order valence-electron chi connectivity index (χ1n) is 5.78. The first-order chi connectivity index (χ1) is 9.54. The molecule has 0 spiro atoms. The Bertz CT molecular complexity index is 617. The molecule has 0 radical (unpaired) electrons. The van der Waals surface area contributed by atoms with E-state index in [4.69, 9.17) is 22.1 Å². The van der Waals surface area contributed by atoms with Gasteiger partial charge in [0.05, 0.1) is 5.69 Å². The normalized spacial score (nSPS) is 10.1. The van der Waals surface area contributed by atoms with Crippen LogP contribution in [0.25, 0.3) is 0 Å². The largest absolute Gasteiger partial charge is 0.484 e. The summed E-state index contributed by atoms with van der Waals surface area (Å²) in [7, 11) is 0. The number of nitrogens with one attached hydrogen (secondary N) is 1. The number of anilines is 2. The van der Waals surface area contributed by atoms with E-state index in [1.54, 1.807) is 42.5 Å². The number of halogens is 2. The van der Waals surface area contributed by atoms with Crippen molar-refractivity contribution in [1.82, 2.24) is 0 Å². The predicted octanol–water partition coefficient (Wildman–Crippen LogP) is 3.70. The molecule has 2 aromatic rings. The molecule has 0 aliphatic heterocycles. The summed E-state index contributed by atoms with van der Waals surface area (Å²) < 4.78 is 6.10. The van der Waals surface area contributed by atoms with Gasteiger partial charge in [0, 0.05) is 15.2 Å². The fourth-order valence-corrected chi connectivity index (χ4v) is 1.98. The highest BCUT2D eigenvalue weighted by Crippen LogP contribution is 2.24. The summed E-state index contributed by atoms with van der Waals surface area (Å²) in [5.74, 6) is 0.308. The Morgan fingerprint density at radius 2 is 1.95 bits per heavy atom. The van der Waals surface area contributed by atoms with Gasteiger partial charge < -0.3 is 15.8 Å². The van der Waals surface area contributed by atoms with E-state index in [9.17, 15) is 4.79 Å². The summed E-state index contributed by atoms with van der Waals surface area (Å²) in [6, 6.07) is 12.0. The maximum atomic E-state index is 11.8. The third-order valence-electron chi connectivity index (χ3n) is 2.45. The number of hydrogen-bond acceptors (Lipinski definition) is 3. The minimum absolute atomic E-state index is 0.0944. The van der Waals surface area contributed by atoms with Crippen LogP contribution in [-0.2, 0) is 4.79 Å². The van der Waals surface area contributed by atoms with Crippen LogP contribution in [0.15, 0.2) is 46.9 Å². The van der Waals surface area contributed by atoms with Crippen LogP contribution in [0, 0.1) is 0 Å². The summed E-state index contributed by atoms with van der Waals surface area (Å²) in [6.07, 6.45) is 0. The smallest absolute Gasteiger partial charge is 0.262 e. The highest BCUT2D eigenvalue weighted by Gasteiger charge is 2.07. The Morgan fingerprint density at radius 3 is 2.65 bits per heavy atom. The molecule has 20 heavy (non-hydrogen) atoms. The molecular formula is C14H12BrClN2O2. The minimum Gasteiger partial charge on any atom is -0.484 e. The van der Waals surface area contributed by atoms with Gasteiger partial charge in [-0.25, -0.2) is 0 Å². The van der Waals surface area contributed by atoms with E-state index in [1.807, 2.05) is 0 Å². The molecular weight excluding hydrogens is 344 g/mol. The van der Waals surface area contributed by atoms with E-state index in [-0.39, 0.29) is 12.5 Å². The predicted molar refractivity (Wildman–Crippen MR) is 84.1 cm³/mol. The van der Waals surface area contributed by atoms with E-state index >= 15 is 0 Å². The lowest BCUT2D eigenvalue weighted by Gasteiger charge is -2.09. The van der Waals surface area contributed by atoms with Gasteiger partial charge >= 0.3 is 0 Å². The zero-order valence-corrected chi connectivity index (χ0v) is 12.7. The molecule has 0 fully saturated rings. The Balaban J connectivity index is 1.92. The topological polar surface area (TPSA) is 64.3 Å². The lowest BCUT2D eigenvalue weighted by atomic mass is 10.3. The highest BCUT2D eigenvalue weighted by atomic mass is 79.9. The van der Waals surface area contributed by atoms with Gasteiger partial charge in [0.25, 0.3) is 5.91 Å². The van der Waals surface area contributed by atoms with Crippen LogP contribution in [0.4, 0.5) is 11.4 Å². The van der Waals surface area contributed by atoms with Gasteiger partial charge in [0.2, 0.25) is 0 Å². The number of carbonyl (C=O) groups is 1. The van der Waals surface area contributed by atoms with E-state index in [1.165, 1.54) is 0 Å². The van der Waals surface area contributed by atoms with Crippen molar-refractivity contribution >= 4 is 44.8 Å². The average molecular weight is 356 g/mol. The van der Waals surface area contributed by atoms with Crippen LogP contribution in [0.1, 0.15) is 0 Å². The Hall–Kier alpha value is -1.72. The summed E-state index contributed by atoms with van der Waals surface area (Å²) in [6.45, 7) is -0.0944. The first kappa shape index (κ1) is 14.7. The van der Waals surface area contributed by atoms with Gasteiger partial charge in [-0.15, -0.1) is 0 Å². The molecule has 2 rings (SSSR count). The fraction of sp³-hybridized carbons (Fsp3) is 0.0714. The molecule has 0 aliphatic carbocycles. The Morgan fingerprint density at radius 1 is 1.25 bits per heavy atom. The van der Waals surface area contributed by atoms with E-state index < -0.39 is 0 Å². The molecule has 6 heteroatoms. The van der Waals surface area contributed by atoms with Crippen molar-refractivity contribution in [3.63, 3.8) is 0 Å². The maximum Gasteiger partial charge on any atom is 0.262 e. The molecule has 3 N–H and O–H groups in total. The van der Waals surface area contributed by atoms with Gasteiger partial charge in [-0.3, -0.25) is 4.79 Å². The molecule has 0 atom stereocenters. The summed E-state index contributed by atoms with van der Waals surface area (Å²) in [4.78, 5) is 11.8. The van der Waals surface area contributed by atoms with Crippen LogP contribution >= 0.6 is 27.5 Å². The Labute approximate surface area is 130 Å². The van der Waals surface area contributed by atoms with Crippen LogP contribution in [0.3, 0.4) is 0 Å². The molecule has 2 aromatic carbocycles. The Kier molecular flexibility index (Phi) is 4.87. The molecule has 0 saturated carbocycles. The first-order valence-corrected chi connectivity index (χ1v) is 6.95. The number of hydrogen-bond donors (Lipinski definition) is 2. The number of nitrogen functional groups attached to an aromatic ring is 1. The molecule has 0 aromatic heterocycles. The number of ether oxygens (including phenoxy) is 1. The van der Waals surface area contributed by atoms with Gasteiger partial charge in [0.1, 0.15) is 5.75 Å². The maximum absolute atomic E-state index is 11.8. The molecule has 0 saturated heterocycles. The lowest BCUT2D eigenvalue weighted by molar-refractivity contribution is -0.118. The van der Waals surface area contributed by atoms with Gasteiger partial charge in [0.15, 0.2) is 6.61 Å². The molecule has 104 valence electrons. The monoisotopic (exact) mass is 354 g/mol. The van der Waals surface area contributed by atoms with Crippen molar-refractivity contribution in [1.29, 1.82) is 0 Å². The van der Waals surface area contributed by atoms with Crippen molar-refractivity contribution in [3.8, 4) is 5.75 Å². The van der Waals surface area contributed by atoms with Crippen molar-refractivity contribution in [2.75, 3.05) is 17.7 Å². The van der Waals surface area contributed by atoms with Gasteiger partial charge in [-0.1, -0.05) is 11.6 Å². The van der Waals surface area contributed by atoms with Crippen LogP contribution in [-0.4, -0.2) is 12.5 Å². The van der Waals surface area contributed by atoms with Crippen molar-refractivity contribution < 1.29 is 9.53 Å². The fourth-order valence-electron chi connectivity index (χ4n) is 1.50. The van der Waals surface area contributed by atoms with E-state index in [0.29, 0.717) is 22.1 Å². The quantitative estimate of drug-likeness (QED) is 0.822. The number of carbonyl (C=O) groups excluding carboxylic acids is 1. The minimum atomic E-state index is -0.272. The van der Waals surface area contributed by atoms with Crippen LogP contribution in [0.5, 0.6) is 5.75 Å². The van der Waals surface area contributed by atoms with Crippen LogP contribution in [0.2, 0.25) is 5.02 Å².